The van der Waals surface area contributed by atoms with Crippen molar-refractivity contribution in [2.45, 2.75) is 11.5 Å². The van der Waals surface area contributed by atoms with E-state index in [0.29, 0.717) is 19.6 Å². The van der Waals surface area contributed by atoms with Crippen molar-refractivity contribution in [1.82, 2.24) is 14.7 Å². The van der Waals surface area contributed by atoms with Crippen molar-refractivity contribution in [2.24, 2.45) is 0 Å². The molecule has 0 saturated carbocycles. The van der Waals surface area contributed by atoms with Gasteiger partial charge in [-0.15, -0.1) is 0 Å². The molecule has 164 valence electrons. The molecule has 2 aromatic rings. The Hall–Kier alpha value is -2.77. The zero-order chi connectivity index (χ0) is 22.0. The van der Waals surface area contributed by atoms with Crippen LogP contribution in [0.5, 0.6) is 0 Å². The molecule has 0 unspecified atom stereocenters. The molecule has 2 amide bonds. The third-order valence-corrected chi connectivity index (χ3v) is 6.14. The van der Waals surface area contributed by atoms with E-state index in [1.54, 1.807) is 11.0 Å². The fourth-order valence-electron chi connectivity index (χ4n) is 4.50. The van der Waals surface area contributed by atoms with Gasteiger partial charge in [0.2, 0.25) is 0 Å². The van der Waals surface area contributed by atoms with Gasteiger partial charge >= 0.3 is 0 Å². The number of carbonyl (C=O) groups is 2. The first-order valence-electron chi connectivity index (χ1n) is 10.6. The number of halogens is 1. The van der Waals surface area contributed by atoms with E-state index in [1.165, 1.54) is 18.2 Å². The lowest BCUT2D eigenvalue weighted by molar-refractivity contribution is -0.159. The molecule has 0 aromatic heterocycles. The molecule has 2 saturated heterocycles. The van der Waals surface area contributed by atoms with E-state index in [0.717, 1.165) is 12.1 Å². The SMILES string of the molecule is CN(C)CCN1C[C@H](c2ccccc2)[C@]2(CN(C(=O)c3cccc(F)c3)CCO2)C1=O. The van der Waals surface area contributed by atoms with Crippen LogP contribution in [0.4, 0.5) is 4.39 Å². The van der Waals surface area contributed by atoms with Crippen molar-refractivity contribution in [1.29, 1.82) is 0 Å². The number of morpholine rings is 1. The minimum Gasteiger partial charge on any atom is -0.361 e. The maximum absolute atomic E-state index is 13.7. The molecule has 2 atom stereocenters. The summed E-state index contributed by atoms with van der Waals surface area (Å²) in [7, 11) is 3.95. The molecule has 6 nitrogen and oxygen atoms in total. The second-order valence-electron chi connectivity index (χ2n) is 8.49. The van der Waals surface area contributed by atoms with Gasteiger partial charge in [-0.2, -0.15) is 0 Å². The van der Waals surface area contributed by atoms with Crippen molar-refractivity contribution < 1.29 is 18.7 Å². The highest BCUT2D eigenvalue weighted by Gasteiger charge is 2.58. The maximum atomic E-state index is 13.7. The van der Waals surface area contributed by atoms with Gasteiger partial charge in [-0.1, -0.05) is 36.4 Å². The van der Waals surface area contributed by atoms with Crippen LogP contribution >= 0.6 is 0 Å². The zero-order valence-electron chi connectivity index (χ0n) is 18.0. The van der Waals surface area contributed by atoms with Crippen LogP contribution in [-0.4, -0.2) is 85.5 Å². The highest BCUT2D eigenvalue weighted by Crippen LogP contribution is 2.42. The van der Waals surface area contributed by atoms with Crippen molar-refractivity contribution in [3.8, 4) is 0 Å². The van der Waals surface area contributed by atoms with E-state index in [-0.39, 0.29) is 36.4 Å². The highest BCUT2D eigenvalue weighted by atomic mass is 19.1. The van der Waals surface area contributed by atoms with Crippen LogP contribution in [0.25, 0.3) is 0 Å². The van der Waals surface area contributed by atoms with Crippen LogP contribution < -0.4 is 0 Å². The number of rotatable bonds is 5. The topological polar surface area (TPSA) is 53.1 Å². The second kappa shape index (κ2) is 8.77. The monoisotopic (exact) mass is 425 g/mol. The van der Waals surface area contributed by atoms with Gasteiger partial charge in [0.1, 0.15) is 5.82 Å². The molecule has 0 N–H and O–H groups in total. The molecule has 0 radical (unpaired) electrons. The lowest BCUT2D eigenvalue weighted by Gasteiger charge is -2.42. The van der Waals surface area contributed by atoms with Crippen LogP contribution in [0.1, 0.15) is 21.8 Å². The summed E-state index contributed by atoms with van der Waals surface area (Å²) in [5.41, 5.74) is 0.168. The van der Waals surface area contributed by atoms with Gasteiger partial charge in [0, 0.05) is 37.7 Å². The predicted molar refractivity (Wildman–Crippen MR) is 115 cm³/mol. The average molecular weight is 426 g/mol. The Labute approximate surface area is 182 Å². The minimum atomic E-state index is -1.13. The van der Waals surface area contributed by atoms with Gasteiger partial charge in [0.25, 0.3) is 11.8 Å². The first-order chi connectivity index (χ1) is 14.9. The van der Waals surface area contributed by atoms with E-state index in [1.807, 2.05) is 54.2 Å². The summed E-state index contributed by atoms with van der Waals surface area (Å²) in [6.45, 7) is 2.66. The van der Waals surface area contributed by atoms with Gasteiger partial charge in [-0.25, -0.2) is 4.39 Å². The summed E-state index contributed by atoms with van der Waals surface area (Å²) >= 11 is 0. The highest BCUT2D eigenvalue weighted by molar-refractivity contribution is 5.96. The molecule has 2 aliphatic heterocycles. The Morgan fingerprint density at radius 2 is 1.97 bits per heavy atom. The number of nitrogens with zero attached hydrogens (tertiary/aromatic N) is 3. The molecule has 1 spiro atoms. The zero-order valence-corrected chi connectivity index (χ0v) is 18.0. The summed E-state index contributed by atoms with van der Waals surface area (Å²) in [5.74, 6) is -1.01. The molecule has 0 bridgehead atoms. The fraction of sp³-hybridized carbons (Fsp3) is 0.417. The normalized spacial score (nSPS) is 23.7. The van der Waals surface area contributed by atoms with Crippen LogP contribution in [0.3, 0.4) is 0 Å². The standard InChI is InChI=1S/C24H28FN3O3/c1-26(2)11-12-27-16-21(18-7-4-3-5-8-18)24(23(27)30)17-28(13-14-31-24)22(29)19-9-6-10-20(25)15-19/h3-10,15,21H,11-14,16-17H2,1-2H3/t21-,24-/m1/s1. The van der Waals surface area contributed by atoms with E-state index in [2.05, 4.69) is 0 Å². The maximum Gasteiger partial charge on any atom is 0.257 e. The van der Waals surface area contributed by atoms with Gasteiger partial charge in [-0.05, 0) is 37.9 Å². The molecule has 31 heavy (non-hydrogen) atoms. The molecular formula is C24H28FN3O3. The Kier molecular flexibility index (Phi) is 6.07. The number of likely N-dealkylation sites (tertiary alicyclic amines) is 1. The van der Waals surface area contributed by atoms with E-state index < -0.39 is 11.4 Å². The quantitative estimate of drug-likeness (QED) is 0.737. The fourth-order valence-corrected chi connectivity index (χ4v) is 4.50. The summed E-state index contributed by atoms with van der Waals surface area (Å²) in [4.78, 5) is 32.2. The molecular weight excluding hydrogens is 397 g/mol. The average Bonchev–Trinajstić information content (AvgIpc) is 3.03. The van der Waals surface area contributed by atoms with Crippen molar-refractivity contribution in [2.75, 3.05) is 53.4 Å². The third-order valence-electron chi connectivity index (χ3n) is 6.14. The summed E-state index contributed by atoms with van der Waals surface area (Å²) < 4.78 is 19.9. The van der Waals surface area contributed by atoms with Crippen molar-refractivity contribution in [3.05, 3.63) is 71.5 Å². The molecule has 2 aromatic carbocycles. The molecule has 2 aliphatic rings. The van der Waals surface area contributed by atoms with Crippen molar-refractivity contribution in [3.63, 3.8) is 0 Å². The van der Waals surface area contributed by atoms with Gasteiger partial charge in [0.15, 0.2) is 5.60 Å². The second-order valence-corrected chi connectivity index (χ2v) is 8.49. The van der Waals surface area contributed by atoms with E-state index in [4.69, 9.17) is 4.74 Å². The van der Waals surface area contributed by atoms with Crippen LogP contribution in [0.15, 0.2) is 54.6 Å². The smallest absolute Gasteiger partial charge is 0.257 e. The molecule has 2 heterocycles. The Morgan fingerprint density at radius 1 is 1.19 bits per heavy atom. The van der Waals surface area contributed by atoms with Crippen LogP contribution in [-0.2, 0) is 9.53 Å². The molecule has 7 heteroatoms. The van der Waals surface area contributed by atoms with Gasteiger partial charge < -0.3 is 19.4 Å². The predicted octanol–water partition coefficient (Wildman–Crippen LogP) is 2.22. The van der Waals surface area contributed by atoms with Crippen LogP contribution in [0, 0.1) is 5.82 Å². The van der Waals surface area contributed by atoms with E-state index in [9.17, 15) is 14.0 Å². The number of benzene rings is 2. The summed E-state index contributed by atoms with van der Waals surface area (Å²) in [5, 5.41) is 0. The lowest BCUT2D eigenvalue weighted by atomic mass is 9.83. The van der Waals surface area contributed by atoms with Gasteiger partial charge in [0.05, 0.1) is 13.2 Å². The Bertz CT molecular complexity index is 952. The first-order valence-corrected chi connectivity index (χ1v) is 10.6. The van der Waals surface area contributed by atoms with Crippen LogP contribution in [0.2, 0.25) is 0 Å². The van der Waals surface area contributed by atoms with Gasteiger partial charge in [-0.3, -0.25) is 9.59 Å². The Morgan fingerprint density at radius 3 is 2.68 bits per heavy atom. The van der Waals surface area contributed by atoms with E-state index >= 15 is 0 Å². The molecule has 2 fully saturated rings. The summed E-state index contributed by atoms with van der Waals surface area (Å²) in [6, 6.07) is 15.5. The van der Waals surface area contributed by atoms with Crippen molar-refractivity contribution >= 4 is 11.8 Å². The minimum absolute atomic E-state index is 0.0834. The number of ether oxygens (including phenoxy) is 1. The largest absolute Gasteiger partial charge is 0.361 e. The lowest BCUT2D eigenvalue weighted by Crippen LogP contribution is -2.59. The number of hydrogen-bond donors (Lipinski definition) is 0. The Balaban J connectivity index is 1.65. The number of carbonyl (C=O) groups excluding carboxylic acids is 2. The third kappa shape index (κ3) is 4.20. The number of hydrogen-bond acceptors (Lipinski definition) is 4. The molecule has 0 aliphatic carbocycles. The number of likely N-dealkylation sites (N-methyl/N-ethyl adjacent to an activating group) is 1. The number of amides is 2. The summed E-state index contributed by atoms with van der Waals surface area (Å²) in [6.07, 6.45) is 0. The molecule has 4 rings (SSSR count). The first kappa shape index (κ1) is 21.5.